The second-order valence-corrected chi connectivity index (χ2v) is 4.67. The molecule has 1 fully saturated rings. The van der Waals surface area contributed by atoms with Crippen LogP contribution in [0.2, 0.25) is 0 Å². The van der Waals surface area contributed by atoms with Crippen molar-refractivity contribution in [3.8, 4) is 0 Å². The third-order valence-corrected chi connectivity index (χ3v) is 2.94. The highest BCUT2D eigenvalue weighted by molar-refractivity contribution is 5.84. The maximum Gasteiger partial charge on any atom is 0.407 e. The number of benzene rings is 1. The molecule has 2 N–H and O–H groups in total. The number of nitrogens with one attached hydrogen (secondary N) is 2. The first-order valence-corrected chi connectivity index (χ1v) is 6.35. The maximum atomic E-state index is 11.4. The molecule has 21 heavy (non-hydrogen) atoms. The summed E-state index contributed by atoms with van der Waals surface area (Å²) in [5, 5.41) is 2.16. The van der Waals surface area contributed by atoms with Crippen molar-refractivity contribution in [1.29, 1.82) is 0 Å². The molecule has 1 atom stereocenters. The van der Waals surface area contributed by atoms with Crippen LogP contribution >= 0.6 is 0 Å². The maximum absolute atomic E-state index is 11.4. The molecule has 1 saturated heterocycles. The van der Waals surface area contributed by atoms with Crippen LogP contribution in [0.1, 0.15) is 24.8 Å². The standard InChI is InChI=1S/C16H21N3O2/c1-19(2)6-5-12-9-17-15-4-3-11(8-14(12)15)7-13-10-21-16(20)18-13/h3-4,8-9,13,17H,5-7,10H2,1-2H3,(H,18,20)/t13-/m0/s1/i1D3,3D,4D,5D2,7D2,8D. The van der Waals surface area contributed by atoms with E-state index in [1.54, 1.807) is 0 Å². The predicted molar refractivity (Wildman–Crippen MR) is 82.5 cm³/mol. The third-order valence-electron chi connectivity index (χ3n) is 2.94. The van der Waals surface area contributed by atoms with Gasteiger partial charge in [0.05, 0.1) is 10.2 Å². The zero-order valence-electron chi connectivity index (χ0n) is 21.3. The highest BCUT2D eigenvalue weighted by Gasteiger charge is 2.22. The van der Waals surface area contributed by atoms with Crippen molar-refractivity contribution < 1.29 is 23.2 Å². The molecule has 0 aliphatic carbocycles. The quantitative estimate of drug-likeness (QED) is 0.886. The SMILES string of the molecule is [2H]c1c(C([2H])([2H])[C@H]2COC(=O)N2)c([2H])c2c(C([2H])([2H])CN(C)C([2H])([2H])[2H])c[nH]c2c1[2H]. The largest absolute Gasteiger partial charge is 0.447 e. The third kappa shape index (κ3) is 3.19. The molecule has 0 radical (unpaired) electrons. The molecule has 0 saturated carbocycles. The fourth-order valence-electron chi connectivity index (χ4n) is 1.98. The molecule has 1 aliphatic heterocycles. The van der Waals surface area contributed by atoms with Gasteiger partial charge in [0.15, 0.2) is 0 Å². The van der Waals surface area contributed by atoms with Crippen molar-refractivity contribution in [2.24, 2.45) is 0 Å². The van der Waals surface area contributed by atoms with E-state index in [2.05, 4.69) is 10.3 Å². The first kappa shape index (κ1) is 6.40. The Morgan fingerprint density at radius 1 is 1.62 bits per heavy atom. The molecular formula is C16H21N3O2. The Hall–Kier alpha value is -2.01. The molecular weight excluding hydrogens is 266 g/mol. The Morgan fingerprint density at radius 2 is 2.52 bits per heavy atom. The molecule has 0 spiro atoms. The number of carbonyl (C=O) groups excluding carboxylic acids is 1. The Bertz CT molecular complexity index is 1030. The van der Waals surface area contributed by atoms with E-state index in [1.807, 2.05) is 0 Å². The van der Waals surface area contributed by atoms with Gasteiger partial charge in [-0.1, -0.05) is 6.04 Å². The second kappa shape index (κ2) is 5.77. The van der Waals surface area contributed by atoms with E-state index in [9.17, 15) is 4.79 Å². The summed E-state index contributed by atoms with van der Waals surface area (Å²) in [6.07, 6.45) is -4.37. The normalized spacial score (nSPS) is 27.1. The Kier molecular flexibility index (Phi) is 1.76. The van der Waals surface area contributed by atoms with Gasteiger partial charge in [-0.05, 0) is 50.0 Å². The van der Waals surface area contributed by atoms with Gasteiger partial charge in [0.2, 0.25) is 0 Å². The molecule has 5 heteroatoms. The zero-order chi connectivity index (χ0) is 23.5. The van der Waals surface area contributed by atoms with Crippen LogP contribution < -0.4 is 5.32 Å². The number of carbonyl (C=O) groups is 1. The fraction of sp³-hybridized carbons (Fsp3) is 0.438. The van der Waals surface area contributed by atoms with Crippen molar-refractivity contribution in [1.82, 2.24) is 15.2 Å². The minimum atomic E-state index is -2.55. The molecule has 5 nitrogen and oxygen atoms in total. The molecule has 1 aromatic heterocycles. The topological polar surface area (TPSA) is 57.4 Å². The van der Waals surface area contributed by atoms with Crippen molar-refractivity contribution in [3.05, 3.63) is 35.5 Å². The summed E-state index contributed by atoms with van der Waals surface area (Å²) >= 11 is 0. The molecule has 112 valence electrons. The van der Waals surface area contributed by atoms with Gasteiger partial charge in [-0.3, -0.25) is 0 Å². The summed E-state index contributed by atoms with van der Waals surface area (Å²) in [6.45, 7) is -3.44. The van der Waals surface area contributed by atoms with Crippen LogP contribution in [0.5, 0.6) is 0 Å². The zero-order valence-corrected chi connectivity index (χ0v) is 11.3. The first-order valence-electron chi connectivity index (χ1n) is 11.4. The summed E-state index contributed by atoms with van der Waals surface area (Å²) < 4.78 is 85.8. The number of hydrogen-bond donors (Lipinski definition) is 2. The average molecular weight is 297 g/mol. The Labute approximate surface area is 138 Å². The minimum absolute atomic E-state index is 0.0309. The summed E-state index contributed by atoms with van der Waals surface area (Å²) in [5.41, 5.74) is -0.640. The van der Waals surface area contributed by atoms with Crippen LogP contribution in [0.15, 0.2) is 24.3 Å². The number of cyclic esters (lactones) is 1. The fourth-order valence-corrected chi connectivity index (χ4v) is 1.98. The van der Waals surface area contributed by atoms with E-state index in [0.29, 0.717) is 0 Å². The van der Waals surface area contributed by atoms with Crippen LogP contribution in [-0.4, -0.2) is 49.2 Å². The predicted octanol–water partition coefficient (Wildman–Crippen LogP) is 1.92. The van der Waals surface area contributed by atoms with Gasteiger partial charge in [0, 0.05) is 33.2 Å². The first-order chi connectivity index (χ1) is 14.1. The number of H-pyrrole nitrogens is 1. The van der Waals surface area contributed by atoms with Crippen molar-refractivity contribution >= 4 is 17.0 Å². The summed E-state index contributed by atoms with van der Waals surface area (Å²) in [5.74, 6) is 0. The number of likely N-dealkylation sites (N-methyl/N-ethyl adjacent to an activating group) is 1. The second-order valence-electron chi connectivity index (χ2n) is 4.67. The van der Waals surface area contributed by atoms with Crippen LogP contribution in [0.25, 0.3) is 10.9 Å². The van der Waals surface area contributed by atoms with Crippen molar-refractivity contribution in [2.75, 3.05) is 27.2 Å². The number of ether oxygens (including phenoxy) is 1. The molecule has 2 aromatic rings. The number of hydrogen-bond acceptors (Lipinski definition) is 3. The van der Waals surface area contributed by atoms with E-state index in [-0.39, 0.29) is 23.1 Å². The number of fused-ring (bicyclic) bond motifs is 1. The van der Waals surface area contributed by atoms with E-state index in [0.717, 1.165) is 4.90 Å². The highest BCUT2D eigenvalue weighted by Crippen LogP contribution is 2.21. The number of nitrogens with zero attached hydrogens (tertiary/aromatic N) is 1. The molecule has 0 bridgehead atoms. The van der Waals surface area contributed by atoms with E-state index >= 15 is 0 Å². The lowest BCUT2D eigenvalue weighted by Gasteiger charge is -2.09. The monoisotopic (exact) mass is 297 g/mol. The van der Waals surface area contributed by atoms with Crippen molar-refractivity contribution in [3.63, 3.8) is 0 Å². The Balaban J connectivity index is 2.19. The smallest absolute Gasteiger partial charge is 0.407 e. The van der Waals surface area contributed by atoms with E-state index in [1.165, 1.54) is 13.2 Å². The Morgan fingerprint density at radius 3 is 3.29 bits per heavy atom. The lowest BCUT2D eigenvalue weighted by Crippen LogP contribution is -2.28. The highest BCUT2D eigenvalue weighted by atomic mass is 16.6. The molecule has 2 heterocycles. The molecule has 3 rings (SSSR count). The van der Waals surface area contributed by atoms with Gasteiger partial charge in [-0.15, -0.1) is 0 Å². The van der Waals surface area contributed by atoms with Crippen LogP contribution in [0.4, 0.5) is 4.79 Å². The lowest BCUT2D eigenvalue weighted by atomic mass is 10.0. The van der Waals surface area contributed by atoms with Crippen LogP contribution in [-0.2, 0) is 17.5 Å². The summed E-state index contributed by atoms with van der Waals surface area (Å²) in [4.78, 5) is 14.9. The van der Waals surface area contributed by atoms with Crippen LogP contribution in [0.3, 0.4) is 0 Å². The molecule has 1 amide bonds. The van der Waals surface area contributed by atoms with Gasteiger partial charge in [0.1, 0.15) is 6.61 Å². The lowest BCUT2D eigenvalue weighted by molar-refractivity contribution is 0.177. The molecule has 0 unspecified atom stereocenters. The molecule has 1 aromatic carbocycles. The average Bonchev–Trinajstić information content (AvgIpc) is 3.26. The number of aromatic amines is 1. The van der Waals surface area contributed by atoms with Gasteiger partial charge in [0.25, 0.3) is 0 Å². The number of rotatable bonds is 5. The number of amides is 1. The molecule has 1 aliphatic rings. The van der Waals surface area contributed by atoms with Gasteiger partial charge >= 0.3 is 6.09 Å². The van der Waals surface area contributed by atoms with E-state index < -0.39 is 62.1 Å². The van der Waals surface area contributed by atoms with Gasteiger partial charge < -0.3 is 19.9 Å². The van der Waals surface area contributed by atoms with Gasteiger partial charge in [-0.2, -0.15) is 0 Å². The summed E-state index contributed by atoms with van der Waals surface area (Å²) in [6, 6.07) is -2.73. The van der Waals surface area contributed by atoms with Crippen LogP contribution in [0, 0.1) is 0 Å². The van der Waals surface area contributed by atoms with Crippen molar-refractivity contribution in [2.45, 2.75) is 18.8 Å². The summed E-state index contributed by atoms with van der Waals surface area (Å²) in [7, 11) is 1.23. The van der Waals surface area contributed by atoms with E-state index in [4.69, 9.17) is 18.4 Å². The number of aromatic nitrogens is 1. The van der Waals surface area contributed by atoms with Gasteiger partial charge in [-0.25, -0.2) is 4.79 Å². The minimum Gasteiger partial charge on any atom is -0.447 e. The number of alkyl carbamates (subject to hydrolysis) is 1.